The fourth-order valence-electron chi connectivity index (χ4n) is 2.00. The lowest BCUT2D eigenvalue weighted by molar-refractivity contribution is 0.260. The van der Waals surface area contributed by atoms with Crippen LogP contribution in [0.2, 0.25) is 0 Å². The predicted octanol–water partition coefficient (Wildman–Crippen LogP) is 1.80. The molecule has 7 nitrogen and oxygen atoms in total. The smallest absolute Gasteiger partial charge is 0.188 e. The number of hydrogen-bond donors (Lipinski definition) is 4. The number of nitrogens with zero attached hydrogens (tertiary/aromatic N) is 2. The third-order valence-corrected chi connectivity index (χ3v) is 3.30. The Labute approximate surface area is 149 Å². The first kappa shape index (κ1) is 19.3. The molecule has 138 valence electrons. The number of ether oxygens (including phenoxy) is 1. The molecule has 0 unspecified atom stereocenters. The van der Waals surface area contributed by atoms with Crippen molar-refractivity contribution in [2.24, 2.45) is 0 Å². The van der Waals surface area contributed by atoms with E-state index in [0.29, 0.717) is 5.56 Å². The molecule has 2 aromatic rings. The van der Waals surface area contributed by atoms with E-state index in [4.69, 9.17) is 15.3 Å². The molecule has 0 aliphatic rings. The Morgan fingerprint density at radius 2 is 2.08 bits per heavy atom. The molecule has 1 heterocycles. The number of nitrogens with one attached hydrogen (secondary N) is 3. The first-order valence-electron chi connectivity index (χ1n) is 7.74. The fourth-order valence-corrected chi connectivity index (χ4v) is 2.00. The number of aromatic nitrogens is 2. The molecule has 0 aliphatic heterocycles. The first-order chi connectivity index (χ1) is 12.5. The van der Waals surface area contributed by atoms with Crippen LogP contribution < -0.4 is 10.6 Å². The number of benzene rings is 1. The van der Waals surface area contributed by atoms with Crippen LogP contribution in [-0.4, -0.2) is 41.0 Å². The average molecular weight is 363 g/mol. The first-order valence-corrected chi connectivity index (χ1v) is 7.74. The van der Waals surface area contributed by atoms with Gasteiger partial charge >= 0.3 is 0 Å². The van der Waals surface area contributed by atoms with E-state index in [1.165, 1.54) is 19.3 Å². The highest BCUT2D eigenvalue weighted by Crippen LogP contribution is 2.11. The standard InChI is InChI=1S/C17H19F2N5O2/c1-26-15(22-9-11-4-2-3-5-12(11)18)8-14(20)17-23-10-13(19)16(24-17)21-6-7-25/h2-5,8,10,20,22,25H,6-7,9H2,1H3,(H,21,23,24)/b15-8+,20-14?. The maximum atomic E-state index is 13.6. The van der Waals surface area contributed by atoms with Crippen molar-refractivity contribution in [2.45, 2.75) is 6.54 Å². The van der Waals surface area contributed by atoms with Crippen molar-refractivity contribution in [3.05, 3.63) is 65.4 Å². The van der Waals surface area contributed by atoms with Gasteiger partial charge < -0.3 is 20.5 Å². The van der Waals surface area contributed by atoms with Gasteiger partial charge in [0.15, 0.2) is 23.3 Å². The number of hydrogen-bond acceptors (Lipinski definition) is 7. The molecule has 0 bridgehead atoms. The topological polar surface area (TPSA) is 103 Å². The van der Waals surface area contributed by atoms with Crippen molar-refractivity contribution in [1.29, 1.82) is 5.41 Å². The highest BCUT2D eigenvalue weighted by Gasteiger charge is 2.11. The number of anilines is 1. The fraction of sp³-hybridized carbons (Fsp3) is 0.235. The summed E-state index contributed by atoms with van der Waals surface area (Å²) in [6, 6.07) is 6.28. The Kier molecular flexibility index (Phi) is 6.98. The van der Waals surface area contributed by atoms with Crippen molar-refractivity contribution in [2.75, 3.05) is 25.6 Å². The molecule has 0 aliphatic carbocycles. The molecule has 0 radical (unpaired) electrons. The highest BCUT2D eigenvalue weighted by molar-refractivity contribution is 6.04. The normalized spacial score (nSPS) is 11.2. The minimum absolute atomic E-state index is 0.0333. The second kappa shape index (κ2) is 9.42. The van der Waals surface area contributed by atoms with E-state index in [1.54, 1.807) is 18.2 Å². The largest absolute Gasteiger partial charge is 0.482 e. The number of aliphatic hydroxyl groups is 1. The van der Waals surface area contributed by atoms with E-state index >= 15 is 0 Å². The molecular weight excluding hydrogens is 344 g/mol. The zero-order chi connectivity index (χ0) is 18.9. The highest BCUT2D eigenvalue weighted by atomic mass is 19.1. The molecular formula is C17H19F2N5O2. The lowest BCUT2D eigenvalue weighted by Crippen LogP contribution is -2.18. The van der Waals surface area contributed by atoms with Crippen LogP contribution in [0.4, 0.5) is 14.6 Å². The maximum Gasteiger partial charge on any atom is 0.188 e. The van der Waals surface area contributed by atoms with Crippen molar-refractivity contribution in [1.82, 2.24) is 15.3 Å². The SMILES string of the molecule is CO/C(=C/C(=N)c1ncc(F)c(NCCO)n1)NCc1ccccc1F. The van der Waals surface area contributed by atoms with Gasteiger partial charge in [0.25, 0.3) is 0 Å². The van der Waals surface area contributed by atoms with Crippen LogP contribution >= 0.6 is 0 Å². The van der Waals surface area contributed by atoms with E-state index < -0.39 is 5.82 Å². The van der Waals surface area contributed by atoms with E-state index in [-0.39, 0.29) is 48.8 Å². The van der Waals surface area contributed by atoms with Gasteiger partial charge in [-0.05, 0) is 6.07 Å². The lowest BCUT2D eigenvalue weighted by Gasteiger charge is -2.11. The molecule has 0 fully saturated rings. The Balaban J connectivity index is 2.10. The zero-order valence-electron chi connectivity index (χ0n) is 14.1. The van der Waals surface area contributed by atoms with Crippen LogP contribution in [0.3, 0.4) is 0 Å². The molecule has 1 aromatic heterocycles. The summed E-state index contributed by atoms with van der Waals surface area (Å²) >= 11 is 0. The van der Waals surface area contributed by atoms with E-state index in [1.807, 2.05) is 0 Å². The molecule has 2 rings (SSSR count). The van der Waals surface area contributed by atoms with Crippen LogP contribution in [0.5, 0.6) is 0 Å². The molecule has 26 heavy (non-hydrogen) atoms. The van der Waals surface area contributed by atoms with Crippen LogP contribution in [0.25, 0.3) is 0 Å². The summed E-state index contributed by atoms with van der Waals surface area (Å²) in [7, 11) is 1.40. The summed E-state index contributed by atoms with van der Waals surface area (Å²) in [5, 5.41) is 22.3. The van der Waals surface area contributed by atoms with Gasteiger partial charge in [-0.1, -0.05) is 18.2 Å². The minimum atomic E-state index is -0.691. The minimum Gasteiger partial charge on any atom is -0.482 e. The van der Waals surface area contributed by atoms with Crippen molar-refractivity contribution in [3.8, 4) is 0 Å². The number of aliphatic hydroxyl groups excluding tert-OH is 1. The van der Waals surface area contributed by atoms with Gasteiger partial charge in [-0.3, -0.25) is 5.41 Å². The van der Waals surface area contributed by atoms with E-state index in [2.05, 4.69) is 20.6 Å². The third-order valence-electron chi connectivity index (χ3n) is 3.30. The molecule has 9 heteroatoms. The molecule has 0 spiro atoms. The monoisotopic (exact) mass is 363 g/mol. The van der Waals surface area contributed by atoms with Crippen molar-refractivity contribution < 1.29 is 18.6 Å². The van der Waals surface area contributed by atoms with Gasteiger partial charge in [0.05, 0.1) is 19.9 Å². The maximum absolute atomic E-state index is 13.6. The van der Waals surface area contributed by atoms with Crippen LogP contribution in [0.15, 0.2) is 42.4 Å². The Hall–Kier alpha value is -3.07. The summed E-state index contributed by atoms with van der Waals surface area (Å²) in [5.74, 6) is -0.985. The Morgan fingerprint density at radius 1 is 1.31 bits per heavy atom. The number of allylic oxidation sites excluding steroid dienone is 1. The summed E-state index contributed by atoms with van der Waals surface area (Å²) < 4.78 is 32.4. The van der Waals surface area contributed by atoms with Gasteiger partial charge in [0, 0.05) is 24.7 Å². The Bertz CT molecular complexity index is 798. The van der Waals surface area contributed by atoms with Crippen LogP contribution in [0, 0.1) is 17.0 Å². The van der Waals surface area contributed by atoms with E-state index in [0.717, 1.165) is 6.20 Å². The molecule has 1 aromatic carbocycles. The van der Waals surface area contributed by atoms with Gasteiger partial charge in [0.1, 0.15) is 11.5 Å². The quantitative estimate of drug-likeness (QED) is 0.400. The predicted molar refractivity (Wildman–Crippen MR) is 92.7 cm³/mol. The second-order valence-electron chi connectivity index (χ2n) is 5.11. The van der Waals surface area contributed by atoms with Crippen LogP contribution in [0.1, 0.15) is 11.4 Å². The number of halogens is 2. The number of methoxy groups -OCH3 is 1. The zero-order valence-corrected chi connectivity index (χ0v) is 14.1. The van der Waals surface area contributed by atoms with Crippen LogP contribution in [-0.2, 0) is 11.3 Å². The van der Waals surface area contributed by atoms with Crippen molar-refractivity contribution >= 4 is 11.5 Å². The average Bonchev–Trinajstić information content (AvgIpc) is 2.65. The Morgan fingerprint density at radius 3 is 2.77 bits per heavy atom. The summed E-state index contributed by atoms with van der Waals surface area (Å²) in [4.78, 5) is 7.67. The van der Waals surface area contributed by atoms with E-state index in [9.17, 15) is 8.78 Å². The van der Waals surface area contributed by atoms with Crippen molar-refractivity contribution in [3.63, 3.8) is 0 Å². The van der Waals surface area contributed by atoms with Gasteiger partial charge in [-0.25, -0.2) is 18.7 Å². The molecule has 0 atom stereocenters. The lowest BCUT2D eigenvalue weighted by atomic mass is 10.2. The third kappa shape index (κ3) is 5.21. The molecule has 4 N–H and O–H groups in total. The molecule has 0 amide bonds. The van der Waals surface area contributed by atoms with Gasteiger partial charge in [-0.2, -0.15) is 0 Å². The summed E-state index contributed by atoms with van der Waals surface area (Å²) in [6.07, 6.45) is 2.24. The summed E-state index contributed by atoms with van der Waals surface area (Å²) in [6.45, 7) is 0.0845. The summed E-state index contributed by atoms with van der Waals surface area (Å²) in [5.41, 5.74) is 0.311. The molecule has 0 saturated carbocycles. The molecule has 0 saturated heterocycles. The number of rotatable bonds is 9. The second-order valence-corrected chi connectivity index (χ2v) is 5.11. The van der Waals surface area contributed by atoms with Gasteiger partial charge in [-0.15, -0.1) is 0 Å². The van der Waals surface area contributed by atoms with Gasteiger partial charge in [0.2, 0.25) is 0 Å².